The second kappa shape index (κ2) is 5.17. The van der Waals surface area contributed by atoms with E-state index in [0.29, 0.717) is 11.9 Å². The maximum atomic E-state index is 12.5. The number of amides is 1. The minimum atomic E-state index is 0.111. The van der Waals surface area contributed by atoms with Crippen LogP contribution in [0.1, 0.15) is 38.5 Å². The molecule has 3 atom stereocenters. The first-order valence-corrected chi connectivity index (χ1v) is 7.54. The van der Waals surface area contributed by atoms with Gasteiger partial charge in [-0.25, -0.2) is 0 Å². The number of nitrogens with two attached hydrogens (primary N) is 1. The van der Waals surface area contributed by atoms with Gasteiger partial charge in [0.25, 0.3) is 0 Å². The molecule has 18 heavy (non-hydrogen) atoms. The second-order valence-corrected chi connectivity index (χ2v) is 6.17. The molecule has 0 radical (unpaired) electrons. The Bertz CT molecular complexity index is 320. The molecule has 3 rings (SSSR count). The van der Waals surface area contributed by atoms with E-state index in [1.807, 2.05) is 0 Å². The lowest BCUT2D eigenvalue weighted by molar-refractivity contribution is -0.139. The van der Waals surface area contributed by atoms with Gasteiger partial charge in [-0.15, -0.1) is 0 Å². The van der Waals surface area contributed by atoms with Crippen molar-refractivity contribution in [1.82, 2.24) is 9.80 Å². The van der Waals surface area contributed by atoms with Crippen LogP contribution in [0, 0.1) is 5.92 Å². The van der Waals surface area contributed by atoms with E-state index in [4.69, 9.17) is 5.73 Å². The van der Waals surface area contributed by atoms with Gasteiger partial charge in [-0.3, -0.25) is 9.69 Å². The van der Waals surface area contributed by atoms with E-state index in [9.17, 15) is 4.79 Å². The van der Waals surface area contributed by atoms with E-state index in [-0.39, 0.29) is 12.0 Å². The molecule has 2 heterocycles. The predicted octanol–water partition coefficient (Wildman–Crippen LogP) is 0.810. The Kier molecular flexibility index (Phi) is 3.57. The Balaban J connectivity index is 1.61. The molecule has 0 aromatic carbocycles. The maximum absolute atomic E-state index is 12.5. The normalized spacial score (nSPS) is 37.6. The topological polar surface area (TPSA) is 49.6 Å². The minimum absolute atomic E-state index is 0.111. The number of hydrogen-bond acceptors (Lipinski definition) is 3. The molecule has 0 aromatic rings. The molecule has 3 fully saturated rings. The van der Waals surface area contributed by atoms with Gasteiger partial charge < -0.3 is 10.6 Å². The van der Waals surface area contributed by atoms with Crippen molar-refractivity contribution in [2.45, 2.75) is 50.6 Å². The fourth-order valence-corrected chi connectivity index (χ4v) is 3.89. The van der Waals surface area contributed by atoms with Crippen LogP contribution in [0.25, 0.3) is 0 Å². The minimum Gasteiger partial charge on any atom is -0.340 e. The third-order valence-electron chi connectivity index (χ3n) is 5.04. The standard InChI is InChI=1S/C14H25N3O/c15-13-6-3-5-12(13)14(18)17-9-8-16-7-2-1-4-11(16)10-17/h11-13H,1-10,15H2. The summed E-state index contributed by atoms with van der Waals surface area (Å²) >= 11 is 0. The molecule has 0 spiro atoms. The Labute approximate surface area is 109 Å². The summed E-state index contributed by atoms with van der Waals surface area (Å²) in [4.78, 5) is 17.2. The first-order valence-electron chi connectivity index (χ1n) is 7.54. The summed E-state index contributed by atoms with van der Waals surface area (Å²) in [5.74, 6) is 0.449. The molecule has 0 aromatic heterocycles. The molecule has 2 aliphatic heterocycles. The average Bonchev–Trinajstić information content (AvgIpc) is 2.83. The number of piperazine rings is 1. The van der Waals surface area contributed by atoms with Crippen LogP contribution in [0.2, 0.25) is 0 Å². The maximum Gasteiger partial charge on any atom is 0.227 e. The van der Waals surface area contributed by atoms with Crippen molar-refractivity contribution in [2.75, 3.05) is 26.2 Å². The van der Waals surface area contributed by atoms with Crippen LogP contribution in [-0.2, 0) is 4.79 Å². The van der Waals surface area contributed by atoms with Crippen LogP contribution in [0.5, 0.6) is 0 Å². The first kappa shape index (κ1) is 12.4. The van der Waals surface area contributed by atoms with E-state index < -0.39 is 0 Å². The summed E-state index contributed by atoms with van der Waals surface area (Å²) in [6.07, 6.45) is 7.08. The van der Waals surface area contributed by atoms with Gasteiger partial charge >= 0.3 is 0 Å². The Morgan fingerprint density at radius 2 is 1.89 bits per heavy atom. The third kappa shape index (κ3) is 2.28. The second-order valence-electron chi connectivity index (χ2n) is 6.17. The van der Waals surface area contributed by atoms with Crippen molar-refractivity contribution >= 4 is 5.91 Å². The lowest BCUT2D eigenvalue weighted by Crippen LogP contribution is -2.57. The Morgan fingerprint density at radius 3 is 2.67 bits per heavy atom. The van der Waals surface area contributed by atoms with Gasteiger partial charge in [0.15, 0.2) is 0 Å². The fourth-order valence-electron chi connectivity index (χ4n) is 3.89. The Morgan fingerprint density at radius 1 is 1.00 bits per heavy atom. The van der Waals surface area contributed by atoms with Gasteiger partial charge in [0.2, 0.25) is 5.91 Å². The van der Waals surface area contributed by atoms with Crippen LogP contribution in [-0.4, -0.2) is 54.0 Å². The van der Waals surface area contributed by atoms with Gasteiger partial charge in [0, 0.05) is 31.7 Å². The highest BCUT2D eigenvalue weighted by Gasteiger charge is 2.37. The highest BCUT2D eigenvalue weighted by molar-refractivity contribution is 5.80. The van der Waals surface area contributed by atoms with Crippen LogP contribution in [0.15, 0.2) is 0 Å². The van der Waals surface area contributed by atoms with E-state index in [1.165, 1.54) is 25.8 Å². The predicted molar refractivity (Wildman–Crippen MR) is 71.1 cm³/mol. The van der Waals surface area contributed by atoms with Crippen LogP contribution in [0.3, 0.4) is 0 Å². The smallest absolute Gasteiger partial charge is 0.227 e. The van der Waals surface area contributed by atoms with Crippen molar-refractivity contribution in [2.24, 2.45) is 11.7 Å². The Hall–Kier alpha value is -0.610. The molecule has 1 saturated carbocycles. The number of rotatable bonds is 1. The number of piperidine rings is 1. The number of fused-ring (bicyclic) bond motifs is 1. The zero-order valence-corrected chi connectivity index (χ0v) is 11.2. The summed E-state index contributed by atoms with van der Waals surface area (Å²) < 4.78 is 0. The third-order valence-corrected chi connectivity index (χ3v) is 5.04. The lowest BCUT2D eigenvalue weighted by atomic mass is 9.97. The molecular weight excluding hydrogens is 226 g/mol. The van der Waals surface area contributed by atoms with Crippen molar-refractivity contribution < 1.29 is 4.79 Å². The van der Waals surface area contributed by atoms with Crippen molar-refractivity contribution in [1.29, 1.82) is 0 Å². The molecule has 1 amide bonds. The molecule has 3 unspecified atom stereocenters. The molecule has 4 heteroatoms. The van der Waals surface area contributed by atoms with Gasteiger partial charge in [-0.1, -0.05) is 12.8 Å². The van der Waals surface area contributed by atoms with Crippen molar-refractivity contribution in [3.05, 3.63) is 0 Å². The molecule has 2 N–H and O–H groups in total. The number of carbonyl (C=O) groups excluding carboxylic acids is 1. The first-order chi connectivity index (χ1) is 8.75. The summed E-state index contributed by atoms with van der Waals surface area (Å²) in [5, 5.41) is 0. The largest absolute Gasteiger partial charge is 0.340 e. The van der Waals surface area contributed by atoms with Crippen LogP contribution >= 0.6 is 0 Å². The van der Waals surface area contributed by atoms with Crippen LogP contribution < -0.4 is 5.73 Å². The molecule has 4 nitrogen and oxygen atoms in total. The monoisotopic (exact) mass is 251 g/mol. The molecule has 102 valence electrons. The molecule has 2 saturated heterocycles. The SMILES string of the molecule is NC1CCCC1C(=O)N1CCN2CCCCC2C1. The van der Waals surface area contributed by atoms with E-state index in [2.05, 4.69) is 9.80 Å². The van der Waals surface area contributed by atoms with E-state index in [1.54, 1.807) is 0 Å². The molecule has 1 aliphatic carbocycles. The highest BCUT2D eigenvalue weighted by Crippen LogP contribution is 2.28. The van der Waals surface area contributed by atoms with Gasteiger partial charge in [0.1, 0.15) is 0 Å². The summed E-state index contributed by atoms with van der Waals surface area (Å²) in [7, 11) is 0. The highest BCUT2D eigenvalue weighted by atomic mass is 16.2. The number of carbonyl (C=O) groups is 1. The summed E-state index contributed by atoms with van der Waals surface area (Å²) in [6.45, 7) is 4.16. The van der Waals surface area contributed by atoms with Gasteiger partial charge in [-0.2, -0.15) is 0 Å². The molecule has 0 bridgehead atoms. The summed E-state index contributed by atoms with van der Waals surface area (Å²) in [5.41, 5.74) is 6.06. The lowest BCUT2D eigenvalue weighted by Gasteiger charge is -2.44. The zero-order chi connectivity index (χ0) is 12.5. The van der Waals surface area contributed by atoms with Crippen molar-refractivity contribution in [3.8, 4) is 0 Å². The van der Waals surface area contributed by atoms with E-state index >= 15 is 0 Å². The average molecular weight is 251 g/mol. The molecule has 3 aliphatic rings. The zero-order valence-electron chi connectivity index (χ0n) is 11.2. The molecular formula is C14H25N3O. The number of nitrogens with zero attached hydrogens (tertiary/aromatic N) is 2. The quantitative estimate of drug-likeness (QED) is 0.750. The summed E-state index contributed by atoms with van der Waals surface area (Å²) in [6, 6.07) is 0.732. The van der Waals surface area contributed by atoms with Gasteiger partial charge in [-0.05, 0) is 32.2 Å². The van der Waals surface area contributed by atoms with Gasteiger partial charge in [0.05, 0.1) is 5.92 Å². The van der Waals surface area contributed by atoms with E-state index in [0.717, 1.165) is 38.9 Å². The number of hydrogen-bond donors (Lipinski definition) is 1. The van der Waals surface area contributed by atoms with Crippen molar-refractivity contribution in [3.63, 3.8) is 0 Å². The fraction of sp³-hybridized carbons (Fsp3) is 0.929. The van der Waals surface area contributed by atoms with Crippen LogP contribution in [0.4, 0.5) is 0 Å².